The van der Waals surface area contributed by atoms with Gasteiger partial charge in [0.25, 0.3) is 0 Å². The van der Waals surface area contributed by atoms with Crippen LogP contribution in [0, 0.1) is 19.8 Å². The summed E-state index contributed by atoms with van der Waals surface area (Å²) in [7, 11) is 0. The van der Waals surface area contributed by atoms with Crippen LogP contribution in [-0.4, -0.2) is 14.9 Å². The van der Waals surface area contributed by atoms with Gasteiger partial charge in [-0.3, -0.25) is 4.68 Å². The fourth-order valence-corrected chi connectivity index (χ4v) is 2.16. The number of rotatable bonds is 3. The van der Waals surface area contributed by atoms with Gasteiger partial charge in [0.2, 0.25) is 0 Å². The van der Waals surface area contributed by atoms with E-state index in [1.807, 2.05) is 29.8 Å². The zero-order valence-corrected chi connectivity index (χ0v) is 11.4. The molecule has 3 heteroatoms. The van der Waals surface area contributed by atoms with Crippen LogP contribution in [-0.2, 0) is 6.54 Å². The van der Waals surface area contributed by atoms with Crippen molar-refractivity contribution in [2.45, 2.75) is 34.2 Å². The van der Waals surface area contributed by atoms with Crippen LogP contribution in [0.2, 0.25) is 0 Å². The quantitative estimate of drug-likeness (QED) is 0.897. The molecule has 0 aliphatic heterocycles. The van der Waals surface area contributed by atoms with Crippen molar-refractivity contribution in [3.05, 3.63) is 35.5 Å². The van der Waals surface area contributed by atoms with Crippen LogP contribution < -0.4 is 0 Å². The molecule has 96 valence electrons. The molecule has 0 unspecified atom stereocenters. The number of aromatic hydroxyl groups is 1. The lowest BCUT2D eigenvalue weighted by atomic mass is 10.0. The topological polar surface area (TPSA) is 38.1 Å². The molecular weight excluding hydrogens is 224 g/mol. The van der Waals surface area contributed by atoms with Gasteiger partial charge >= 0.3 is 0 Å². The fraction of sp³-hybridized carbons (Fsp3) is 0.400. The van der Waals surface area contributed by atoms with Crippen LogP contribution in [0.4, 0.5) is 0 Å². The molecule has 0 amide bonds. The molecule has 3 nitrogen and oxygen atoms in total. The van der Waals surface area contributed by atoms with E-state index in [9.17, 15) is 5.11 Å². The smallest absolute Gasteiger partial charge is 0.164 e. The number of aromatic nitrogens is 2. The number of aryl methyl sites for hydroxylation is 2. The molecule has 0 aliphatic carbocycles. The van der Waals surface area contributed by atoms with Crippen molar-refractivity contribution in [3.8, 4) is 17.0 Å². The zero-order valence-electron chi connectivity index (χ0n) is 11.4. The Bertz CT molecular complexity index is 556. The van der Waals surface area contributed by atoms with Crippen LogP contribution in [0.1, 0.15) is 25.1 Å². The minimum Gasteiger partial charge on any atom is -0.504 e. The maximum absolute atomic E-state index is 10.2. The Labute approximate surface area is 108 Å². The average molecular weight is 244 g/mol. The van der Waals surface area contributed by atoms with Gasteiger partial charge in [0.05, 0.1) is 0 Å². The lowest BCUT2D eigenvalue weighted by Crippen LogP contribution is -2.08. The van der Waals surface area contributed by atoms with E-state index < -0.39 is 0 Å². The molecule has 0 radical (unpaired) electrons. The Morgan fingerprint density at radius 1 is 1.22 bits per heavy atom. The molecule has 2 aromatic rings. The molecule has 1 heterocycles. The first-order valence-electron chi connectivity index (χ1n) is 6.33. The number of nitrogens with zero attached hydrogens (tertiary/aromatic N) is 2. The summed E-state index contributed by atoms with van der Waals surface area (Å²) in [6.45, 7) is 9.00. The molecule has 0 fully saturated rings. The lowest BCUT2D eigenvalue weighted by Gasteiger charge is -2.11. The van der Waals surface area contributed by atoms with Crippen LogP contribution in [0.3, 0.4) is 0 Å². The Hall–Kier alpha value is -1.77. The van der Waals surface area contributed by atoms with Crippen LogP contribution in [0.25, 0.3) is 11.3 Å². The largest absolute Gasteiger partial charge is 0.504 e. The van der Waals surface area contributed by atoms with Gasteiger partial charge in [0, 0.05) is 12.1 Å². The van der Waals surface area contributed by atoms with Gasteiger partial charge in [-0.05, 0) is 25.3 Å². The third-order valence-electron chi connectivity index (χ3n) is 3.03. The Kier molecular flexibility index (Phi) is 3.41. The van der Waals surface area contributed by atoms with Gasteiger partial charge in [0.15, 0.2) is 5.75 Å². The Morgan fingerprint density at radius 3 is 2.50 bits per heavy atom. The van der Waals surface area contributed by atoms with Crippen LogP contribution >= 0.6 is 0 Å². The molecule has 18 heavy (non-hydrogen) atoms. The van der Waals surface area contributed by atoms with E-state index >= 15 is 0 Å². The summed E-state index contributed by atoms with van der Waals surface area (Å²) in [4.78, 5) is 0. The summed E-state index contributed by atoms with van der Waals surface area (Å²) < 4.78 is 1.91. The van der Waals surface area contributed by atoms with E-state index in [1.54, 1.807) is 0 Å². The maximum atomic E-state index is 10.2. The standard InChI is InChI=1S/C15H20N2O/c1-10(2)9-17-14(15(18)12(4)16-17)13-8-6-5-7-11(13)3/h5-8,10,18H,9H2,1-4H3. The van der Waals surface area contributed by atoms with Crippen LogP contribution in [0.15, 0.2) is 24.3 Å². The van der Waals surface area contributed by atoms with Crippen LogP contribution in [0.5, 0.6) is 5.75 Å². The van der Waals surface area contributed by atoms with Crippen molar-refractivity contribution in [2.24, 2.45) is 5.92 Å². The highest BCUT2D eigenvalue weighted by Gasteiger charge is 2.17. The van der Waals surface area contributed by atoms with Crippen molar-refractivity contribution in [1.29, 1.82) is 0 Å². The highest BCUT2D eigenvalue weighted by Crippen LogP contribution is 2.34. The summed E-state index contributed by atoms with van der Waals surface area (Å²) in [6.07, 6.45) is 0. The molecule has 0 atom stereocenters. The monoisotopic (exact) mass is 244 g/mol. The van der Waals surface area contributed by atoms with E-state index in [0.29, 0.717) is 17.4 Å². The molecule has 2 rings (SSSR count). The van der Waals surface area contributed by atoms with Crippen molar-refractivity contribution in [2.75, 3.05) is 0 Å². The van der Waals surface area contributed by atoms with Gasteiger partial charge < -0.3 is 5.11 Å². The summed E-state index contributed by atoms with van der Waals surface area (Å²) in [5.41, 5.74) is 3.72. The van der Waals surface area contributed by atoms with Gasteiger partial charge in [0.1, 0.15) is 11.4 Å². The van der Waals surface area contributed by atoms with E-state index in [0.717, 1.165) is 23.4 Å². The molecule has 0 bridgehead atoms. The van der Waals surface area contributed by atoms with E-state index in [1.165, 1.54) is 0 Å². The molecule has 0 saturated heterocycles. The van der Waals surface area contributed by atoms with Gasteiger partial charge in [-0.2, -0.15) is 5.10 Å². The van der Waals surface area contributed by atoms with Crippen molar-refractivity contribution in [3.63, 3.8) is 0 Å². The summed E-state index contributed by atoms with van der Waals surface area (Å²) in [6, 6.07) is 8.08. The number of hydrogen-bond donors (Lipinski definition) is 1. The average Bonchev–Trinajstić information content (AvgIpc) is 2.55. The molecule has 1 N–H and O–H groups in total. The van der Waals surface area contributed by atoms with Gasteiger partial charge in [-0.15, -0.1) is 0 Å². The second kappa shape index (κ2) is 4.84. The highest BCUT2D eigenvalue weighted by molar-refractivity contribution is 5.70. The SMILES string of the molecule is Cc1ccccc1-c1c(O)c(C)nn1CC(C)C. The van der Waals surface area contributed by atoms with E-state index in [-0.39, 0.29) is 0 Å². The van der Waals surface area contributed by atoms with Crippen molar-refractivity contribution < 1.29 is 5.11 Å². The molecule has 0 saturated carbocycles. The predicted octanol–water partition coefficient (Wildman–Crippen LogP) is 3.53. The summed E-state index contributed by atoms with van der Waals surface area (Å²) >= 11 is 0. The normalized spacial score (nSPS) is 11.2. The van der Waals surface area contributed by atoms with Crippen molar-refractivity contribution in [1.82, 2.24) is 9.78 Å². The predicted molar refractivity (Wildman–Crippen MR) is 73.6 cm³/mol. The maximum Gasteiger partial charge on any atom is 0.164 e. The molecule has 1 aromatic carbocycles. The Morgan fingerprint density at radius 2 is 1.89 bits per heavy atom. The van der Waals surface area contributed by atoms with E-state index in [2.05, 4.69) is 31.9 Å². The minimum atomic E-state index is 0.296. The van der Waals surface area contributed by atoms with Gasteiger partial charge in [-0.25, -0.2) is 0 Å². The third-order valence-corrected chi connectivity index (χ3v) is 3.03. The number of hydrogen-bond acceptors (Lipinski definition) is 2. The number of benzene rings is 1. The molecule has 1 aromatic heterocycles. The summed E-state index contributed by atoms with van der Waals surface area (Å²) in [5.74, 6) is 0.788. The lowest BCUT2D eigenvalue weighted by molar-refractivity contribution is 0.467. The first-order valence-corrected chi connectivity index (χ1v) is 6.33. The second-order valence-corrected chi connectivity index (χ2v) is 5.17. The molecular formula is C15H20N2O. The molecule has 0 aliphatic rings. The van der Waals surface area contributed by atoms with Crippen molar-refractivity contribution >= 4 is 0 Å². The van der Waals surface area contributed by atoms with Gasteiger partial charge in [-0.1, -0.05) is 38.1 Å². The zero-order chi connectivity index (χ0) is 13.3. The fourth-order valence-electron chi connectivity index (χ4n) is 2.16. The highest BCUT2D eigenvalue weighted by atomic mass is 16.3. The molecule has 0 spiro atoms. The third kappa shape index (κ3) is 2.26. The second-order valence-electron chi connectivity index (χ2n) is 5.17. The first-order chi connectivity index (χ1) is 8.50. The Balaban J connectivity index is 2.59. The van der Waals surface area contributed by atoms with E-state index in [4.69, 9.17) is 0 Å². The minimum absolute atomic E-state index is 0.296. The summed E-state index contributed by atoms with van der Waals surface area (Å²) in [5, 5.41) is 14.7. The first kappa shape index (κ1) is 12.7.